The minimum absolute atomic E-state index is 0.0352. The standard InChI is InChI=1S/C13H18N2O6/c1-6-5-8(15(19)20)3-4-9(6)14-13-12(18)11(17)10(16)7(2)21-13/h3-5,7,10-14,16-18H,1-2H3/t7-,10-,11+,12+,13-/m0/s1. The molecular weight excluding hydrogens is 280 g/mol. The van der Waals surface area contributed by atoms with Gasteiger partial charge in [-0.15, -0.1) is 0 Å². The number of rotatable bonds is 3. The van der Waals surface area contributed by atoms with Gasteiger partial charge in [-0.1, -0.05) is 0 Å². The van der Waals surface area contributed by atoms with E-state index in [-0.39, 0.29) is 5.69 Å². The molecule has 5 atom stereocenters. The highest BCUT2D eigenvalue weighted by Gasteiger charge is 2.41. The molecular formula is C13H18N2O6. The van der Waals surface area contributed by atoms with Gasteiger partial charge in [0.05, 0.1) is 11.0 Å². The van der Waals surface area contributed by atoms with Crippen LogP contribution in [-0.2, 0) is 4.74 Å². The number of hydrogen-bond donors (Lipinski definition) is 4. The highest BCUT2D eigenvalue weighted by molar-refractivity contribution is 5.55. The van der Waals surface area contributed by atoms with Crippen molar-refractivity contribution in [2.45, 2.75) is 44.5 Å². The molecule has 8 nitrogen and oxygen atoms in total. The molecule has 2 rings (SSSR count). The Labute approximate surface area is 121 Å². The third-order valence-corrected chi connectivity index (χ3v) is 3.57. The molecule has 0 spiro atoms. The molecule has 0 aromatic heterocycles. The summed E-state index contributed by atoms with van der Waals surface area (Å²) in [5, 5.41) is 42.8. The molecule has 0 amide bonds. The van der Waals surface area contributed by atoms with Crippen molar-refractivity contribution in [3.63, 3.8) is 0 Å². The van der Waals surface area contributed by atoms with Crippen molar-refractivity contribution in [1.82, 2.24) is 0 Å². The average molecular weight is 298 g/mol. The number of nitrogens with zero attached hydrogens (tertiary/aromatic N) is 1. The van der Waals surface area contributed by atoms with Gasteiger partial charge in [-0.3, -0.25) is 10.1 Å². The maximum atomic E-state index is 10.7. The van der Waals surface area contributed by atoms with Crippen molar-refractivity contribution in [3.8, 4) is 0 Å². The lowest BCUT2D eigenvalue weighted by atomic mass is 9.99. The second kappa shape index (κ2) is 5.94. The lowest BCUT2D eigenvalue weighted by Gasteiger charge is -2.40. The second-order valence-corrected chi connectivity index (χ2v) is 5.13. The minimum Gasteiger partial charge on any atom is -0.388 e. The van der Waals surface area contributed by atoms with Crippen molar-refractivity contribution < 1.29 is 25.0 Å². The van der Waals surface area contributed by atoms with Gasteiger partial charge in [0.25, 0.3) is 5.69 Å². The van der Waals surface area contributed by atoms with Crippen LogP contribution < -0.4 is 5.32 Å². The second-order valence-electron chi connectivity index (χ2n) is 5.13. The van der Waals surface area contributed by atoms with Gasteiger partial charge >= 0.3 is 0 Å². The van der Waals surface area contributed by atoms with Crippen molar-refractivity contribution in [3.05, 3.63) is 33.9 Å². The van der Waals surface area contributed by atoms with E-state index in [1.54, 1.807) is 13.8 Å². The van der Waals surface area contributed by atoms with Crippen LogP contribution in [0.25, 0.3) is 0 Å². The summed E-state index contributed by atoms with van der Waals surface area (Å²) in [6, 6.07) is 4.23. The van der Waals surface area contributed by atoms with Crippen LogP contribution in [0.3, 0.4) is 0 Å². The fraction of sp³-hybridized carbons (Fsp3) is 0.538. The first kappa shape index (κ1) is 15.6. The first-order chi connectivity index (χ1) is 9.81. The van der Waals surface area contributed by atoms with E-state index in [2.05, 4.69) is 5.32 Å². The molecule has 1 aromatic rings. The molecule has 8 heteroatoms. The predicted octanol–water partition coefficient (Wildman–Crippen LogP) is 0.143. The number of aliphatic hydroxyl groups excluding tert-OH is 3. The summed E-state index contributed by atoms with van der Waals surface area (Å²) in [5.74, 6) is 0. The van der Waals surface area contributed by atoms with E-state index in [4.69, 9.17) is 4.74 Å². The summed E-state index contributed by atoms with van der Waals surface area (Å²) in [7, 11) is 0. The third kappa shape index (κ3) is 3.13. The molecule has 1 saturated heterocycles. The number of anilines is 1. The van der Waals surface area contributed by atoms with Crippen molar-refractivity contribution in [1.29, 1.82) is 0 Å². The third-order valence-electron chi connectivity index (χ3n) is 3.57. The van der Waals surface area contributed by atoms with Crippen molar-refractivity contribution >= 4 is 11.4 Å². The Morgan fingerprint density at radius 3 is 2.48 bits per heavy atom. The van der Waals surface area contributed by atoms with E-state index in [9.17, 15) is 25.4 Å². The first-order valence-electron chi connectivity index (χ1n) is 6.52. The Kier molecular flexibility index (Phi) is 4.43. The number of hydrogen-bond acceptors (Lipinski definition) is 7. The van der Waals surface area contributed by atoms with Gasteiger partial charge in [0.15, 0.2) is 6.23 Å². The highest BCUT2D eigenvalue weighted by atomic mass is 16.6. The number of nitrogens with one attached hydrogen (secondary N) is 1. The molecule has 1 aromatic carbocycles. The summed E-state index contributed by atoms with van der Waals surface area (Å²) in [6.45, 7) is 3.26. The quantitative estimate of drug-likeness (QED) is 0.462. The van der Waals surface area contributed by atoms with Gasteiger partial charge in [0, 0.05) is 17.8 Å². The Balaban J connectivity index is 2.16. The van der Waals surface area contributed by atoms with Gasteiger partial charge in [0.1, 0.15) is 18.3 Å². The molecule has 116 valence electrons. The zero-order chi connectivity index (χ0) is 15.7. The summed E-state index contributed by atoms with van der Waals surface area (Å²) in [6.07, 6.45) is -5.38. The maximum absolute atomic E-state index is 10.7. The number of aliphatic hydroxyl groups is 3. The molecule has 0 aliphatic carbocycles. The van der Waals surface area contributed by atoms with Crippen LogP contribution in [-0.4, -0.2) is 50.9 Å². The van der Waals surface area contributed by atoms with E-state index < -0.39 is 35.6 Å². The Morgan fingerprint density at radius 1 is 1.24 bits per heavy atom. The first-order valence-corrected chi connectivity index (χ1v) is 6.52. The molecule has 4 N–H and O–H groups in total. The van der Waals surface area contributed by atoms with Crippen LogP contribution in [0.5, 0.6) is 0 Å². The van der Waals surface area contributed by atoms with Crippen LogP contribution in [0.4, 0.5) is 11.4 Å². The number of ether oxygens (including phenoxy) is 1. The largest absolute Gasteiger partial charge is 0.388 e. The van der Waals surface area contributed by atoms with Gasteiger partial charge < -0.3 is 25.4 Å². The highest BCUT2D eigenvalue weighted by Crippen LogP contribution is 2.26. The van der Waals surface area contributed by atoms with Crippen LogP contribution in [0.2, 0.25) is 0 Å². The van der Waals surface area contributed by atoms with Crippen molar-refractivity contribution in [2.24, 2.45) is 0 Å². The topological polar surface area (TPSA) is 125 Å². The summed E-state index contributed by atoms with van der Waals surface area (Å²) in [5.41, 5.74) is 1.11. The molecule has 0 unspecified atom stereocenters. The zero-order valence-corrected chi connectivity index (χ0v) is 11.6. The van der Waals surface area contributed by atoms with Crippen LogP contribution in [0.1, 0.15) is 12.5 Å². The monoisotopic (exact) mass is 298 g/mol. The minimum atomic E-state index is -1.33. The zero-order valence-electron chi connectivity index (χ0n) is 11.6. The Bertz CT molecular complexity index is 537. The molecule has 21 heavy (non-hydrogen) atoms. The summed E-state index contributed by atoms with van der Waals surface area (Å²) in [4.78, 5) is 10.2. The predicted molar refractivity (Wildman–Crippen MR) is 73.8 cm³/mol. The number of nitro benzene ring substituents is 1. The summed E-state index contributed by atoms with van der Waals surface area (Å²) >= 11 is 0. The van der Waals surface area contributed by atoms with E-state index >= 15 is 0 Å². The van der Waals surface area contributed by atoms with Gasteiger partial charge in [0.2, 0.25) is 0 Å². The summed E-state index contributed by atoms with van der Waals surface area (Å²) < 4.78 is 5.41. The van der Waals surface area contributed by atoms with Gasteiger partial charge in [-0.2, -0.15) is 0 Å². The van der Waals surface area contributed by atoms with Gasteiger partial charge in [-0.05, 0) is 25.5 Å². The molecule has 1 aliphatic heterocycles. The van der Waals surface area contributed by atoms with Crippen LogP contribution in [0.15, 0.2) is 18.2 Å². The Morgan fingerprint density at radius 2 is 1.90 bits per heavy atom. The van der Waals surface area contributed by atoms with Crippen LogP contribution in [0, 0.1) is 17.0 Å². The molecule has 1 heterocycles. The number of non-ortho nitro benzene ring substituents is 1. The molecule has 0 radical (unpaired) electrons. The van der Waals surface area contributed by atoms with Crippen molar-refractivity contribution in [2.75, 3.05) is 5.32 Å². The van der Waals surface area contributed by atoms with E-state index in [1.165, 1.54) is 18.2 Å². The normalized spacial score (nSPS) is 32.7. The molecule has 0 saturated carbocycles. The van der Waals surface area contributed by atoms with E-state index in [1.807, 2.05) is 0 Å². The molecule has 0 bridgehead atoms. The smallest absolute Gasteiger partial charge is 0.269 e. The Hall–Kier alpha value is -1.74. The molecule has 1 fully saturated rings. The lowest BCUT2D eigenvalue weighted by Crippen LogP contribution is -2.58. The number of benzene rings is 1. The maximum Gasteiger partial charge on any atom is 0.269 e. The fourth-order valence-electron chi connectivity index (χ4n) is 2.25. The van der Waals surface area contributed by atoms with E-state index in [0.29, 0.717) is 11.3 Å². The molecule has 1 aliphatic rings. The fourth-order valence-corrected chi connectivity index (χ4v) is 2.25. The number of aryl methyl sites for hydroxylation is 1. The number of nitro groups is 1. The average Bonchev–Trinajstić information content (AvgIpc) is 2.44. The van der Waals surface area contributed by atoms with Crippen LogP contribution >= 0.6 is 0 Å². The van der Waals surface area contributed by atoms with Gasteiger partial charge in [-0.25, -0.2) is 0 Å². The van der Waals surface area contributed by atoms with E-state index in [0.717, 1.165) is 0 Å². The lowest BCUT2D eigenvalue weighted by molar-refractivity contribution is -0.384. The SMILES string of the molecule is Cc1cc([N+](=O)[O-])ccc1N[C@H]1O[C@@H](C)[C@H](O)[C@@H](O)[C@H]1O.